The van der Waals surface area contributed by atoms with Crippen LogP contribution in [0, 0.1) is 12.7 Å². The van der Waals surface area contributed by atoms with Crippen LogP contribution in [0.25, 0.3) is 11.3 Å². The molecule has 0 radical (unpaired) electrons. The predicted molar refractivity (Wildman–Crippen MR) is 73.5 cm³/mol. The molecule has 0 aliphatic carbocycles. The minimum atomic E-state index is -4.48. The summed E-state index contributed by atoms with van der Waals surface area (Å²) < 4.78 is 52.2. The summed E-state index contributed by atoms with van der Waals surface area (Å²) in [5.74, 6) is -0.390. The topological polar surface area (TPSA) is 24.9 Å². The number of anilines is 1. The van der Waals surface area contributed by atoms with Crippen LogP contribution in [-0.2, 0) is 6.18 Å². The molecule has 2 nitrogen and oxygen atoms in total. The van der Waals surface area contributed by atoms with Gasteiger partial charge in [-0.15, -0.1) is 0 Å². The highest BCUT2D eigenvalue weighted by Crippen LogP contribution is 2.33. The van der Waals surface area contributed by atoms with Crippen molar-refractivity contribution in [3.63, 3.8) is 0 Å². The molecule has 1 N–H and O–H groups in total. The molecule has 21 heavy (non-hydrogen) atoms. The molecule has 1 aromatic carbocycles. The summed E-state index contributed by atoms with van der Waals surface area (Å²) in [6, 6.07) is 5.95. The second-order valence-corrected chi connectivity index (χ2v) is 4.67. The first-order chi connectivity index (χ1) is 9.79. The van der Waals surface area contributed by atoms with Crippen molar-refractivity contribution in [1.82, 2.24) is 4.98 Å². The third-order valence-corrected chi connectivity index (χ3v) is 2.85. The van der Waals surface area contributed by atoms with Crippen molar-refractivity contribution >= 4 is 5.82 Å². The van der Waals surface area contributed by atoms with Crippen LogP contribution in [0.4, 0.5) is 23.4 Å². The lowest BCUT2D eigenvalue weighted by atomic mass is 10.1. The summed E-state index contributed by atoms with van der Waals surface area (Å²) in [5, 5.41) is 2.75. The molecule has 0 bridgehead atoms. The lowest BCUT2D eigenvalue weighted by Crippen LogP contribution is -2.08. The fourth-order valence-corrected chi connectivity index (χ4v) is 2.00. The molecule has 2 aromatic rings. The van der Waals surface area contributed by atoms with Gasteiger partial charge in [-0.2, -0.15) is 13.2 Å². The van der Waals surface area contributed by atoms with Gasteiger partial charge in [-0.25, -0.2) is 9.37 Å². The Hall–Kier alpha value is -2.11. The molecule has 1 heterocycles. The van der Waals surface area contributed by atoms with E-state index in [1.165, 1.54) is 12.1 Å². The molecule has 6 heteroatoms. The first-order valence-electron chi connectivity index (χ1n) is 6.40. The van der Waals surface area contributed by atoms with E-state index in [1.54, 1.807) is 19.9 Å². The van der Waals surface area contributed by atoms with Crippen LogP contribution >= 0.6 is 0 Å². The van der Waals surface area contributed by atoms with E-state index in [4.69, 9.17) is 0 Å². The van der Waals surface area contributed by atoms with Crippen LogP contribution in [-0.4, -0.2) is 11.5 Å². The Kier molecular flexibility index (Phi) is 4.16. The van der Waals surface area contributed by atoms with Gasteiger partial charge in [-0.1, -0.05) is 0 Å². The van der Waals surface area contributed by atoms with Crippen molar-refractivity contribution in [2.75, 3.05) is 11.9 Å². The number of alkyl halides is 3. The highest BCUT2D eigenvalue weighted by molar-refractivity contribution is 5.63. The van der Waals surface area contributed by atoms with Gasteiger partial charge < -0.3 is 5.32 Å². The van der Waals surface area contributed by atoms with E-state index in [0.717, 1.165) is 12.1 Å². The molecule has 0 spiro atoms. The van der Waals surface area contributed by atoms with E-state index in [9.17, 15) is 17.6 Å². The molecular formula is C15H14F4N2. The highest BCUT2D eigenvalue weighted by atomic mass is 19.4. The number of aryl methyl sites for hydroxylation is 1. The van der Waals surface area contributed by atoms with Gasteiger partial charge in [0, 0.05) is 12.1 Å². The number of rotatable bonds is 3. The Bertz CT molecular complexity index is 630. The lowest BCUT2D eigenvalue weighted by Gasteiger charge is -2.12. The summed E-state index contributed by atoms with van der Waals surface area (Å²) in [7, 11) is 0. The summed E-state index contributed by atoms with van der Waals surface area (Å²) in [4.78, 5) is 4.11. The van der Waals surface area contributed by atoms with Crippen LogP contribution < -0.4 is 5.32 Å². The van der Waals surface area contributed by atoms with Gasteiger partial charge in [-0.3, -0.25) is 0 Å². The zero-order chi connectivity index (χ0) is 15.6. The number of hydrogen-bond acceptors (Lipinski definition) is 2. The number of halogens is 4. The standard InChI is InChI=1S/C15H14F4N2/c1-3-20-14-8-11(15(17,18)19)7-13(21-14)10-4-9(2)5-12(16)6-10/h4-8H,3H2,1-2H3,(H,20,21). The summed E-state index contributed by atoms with van der Waals surface area (Å²) in [6.45, 7) is 3.87. The van der Waals surface area contributed by atoms with E-state index < -0.39 is 17.6 Å². The fourth-order valence-electron chi connectivity index (χ4n) is 2.00. The van der Waals surface area contributed by atoms with E-state index in [0.29, 0.717) is 17.7 Å². The quantitative estimate of drug-likeness (QED) is 0.835. The number of hydrogen-bond donors (Lipinski definition) is 1. The Morgan fingerprint density at radius 1 is 1.10 bits per heavy atom. The van der Waals surface area contributed by atoms with E-state index >= 15 is 0 Å². The van der Waals surface area contributed by atoms with Crippen molar-refractivity contribution in [1.29, 1.82) is 0 Å². The average molecular weight is 298 g/mol. The number of nitrogens with zero attached hydrogens (tertiary/aromatic N) is 1. The first-order valence-corrected chi connectivity index (χ1v) is 6.40. The van der Waals surface area contributed by atoms with Gasteiger partial charge in [-0.05, 0) is 49.7 Å². The second kappa shape index (κ2) is 5.71. The Morgan fingerprint density at radius 2 is 1.81 bits per heavy atom. The molecule has 0 amide bonds. The van der Waals surface area contributed by atoms with Crippen molar-refractivity contribution in [2.24, 2.45) is 0 Å². The number of benzene rings is 1. The molecule has 112 valence electrons. The van der Waals surface area contributed by atoms with Crippen molar-refractivity contribution in [3.8, 4) is 11.3 Å². The third-order valence-electron chi connectivity index (χ3n) is 2.85. The molecule has 0 aliphatic rings. The number of aromatic nitrogens is 1. The minimum absolute atomic E-state index is 0.0865. The fraction of sp³-hybridized carbons (Fsp3) is 0.267. The van der Waals surface area contributed by atoms with Crippen molar-refractivity contribution < 1.29 is 17.6 Å². The van der Waals surface area contributed by atoms with Crippen LogP contribution in [0.1, 0.15) is 18.1 Å². The zero-order valence-corrected chi connectivity index (χ0v) is 11.6. The molecule has 0 fully saturated rings. The SMILES string of the molecule is CCNc1cc(C(F)(F)F)cc(-c2cc(C)cc(F)c2)n1. The molecule has 1 aromatic heterocycles. The van der Waals surface area contributed by atoms with Crippen LogP contribution in [0.2, 0.25) is 0 Å². The van der Waals surface area contributed by atoms with Gasteiger partial charge in [0.15, 0.2) is 0 Å². The lowest BCUT2D eigenvalue weighted by molar-refractivity contribution is -0.137. The van der Waals surface area contributed by atoms with Crippen molar-refractivity contribution in [3.05, 3.63) is 47.3 Å². The number of nitrogens with one attached hydrogen (secondary N) is 1. The summed E-state index contributed by atoms with van der Waals surface area (Å²) in [5.41, 5.74) is 0.209. The van der Waals surface area contributed by atoms with Crippen LogP contribution in [0.15, 0.2) is 30.3 Å². The predicted octanol–water partition coefficient (Wildman–Crippen LogP) is 4.65. The van der Waals surface area contributed by atoms with E-state index in [1.807, 2.05) is 0 Å². The highest BCUT2D eigenvalue weighted by Gasteiger charge is 2.31. The van der Waals surface area contributed by atoms with Gasteiger partial charge in [0.25, 0.3) is 0 Å². The molecule has 0 atom stereocenters. The molecule has 2 rings (SSSR count). The molecule has 0 aliphatic heterocycles. The normalized spacial score (nSPS) is 11.5. The summed E-state index contributed by atoms with van der Waals surface area (Å²) in [6.07, 6.45) is -4.48. The van der Waals surface area contributed by atoms with Gasteiger partial charge in [0.2, 0.25) is 0 Å². The maximum Gasteiger partial charge on any atom is 0.416 e. The third kappa shape index (κ3) is 3.71. The van der Waals surface area contributed by atoms with E-state index in [-0.39, 0.29) is 11.5 Å². The van der Waals surface area contributed by atoms with Crippen molar-refractivity contribution in [2.45, 2.75) is 20.0 Å². The van der Waals surface area contributed by atoms with Crippen LogP contribution in [0.3, 0.4) is 0 Å². The van der Waals surface area contributed by atoms with Gasteiger partial charge >= 0.3 is 6.18 Å². The smallest absolute Gasteiger partial charge is 0.370 e. The summed E-state index contributed by atoms with van der Waals surface area (Å²) >= 11 is 0. The second-order valence-electron chi connectivity index (χ2n) is 4.67. The Labute approximate surface area is 119 Å². The Morgan fingerprint density at radius 3 is 2.38 bits per heavy atom. The zero-order valence-electron chi connectivity index (χ0n) is 11.6. The molecule has 0 saturated heterocycles. The molecule has 0 unspecified atom stereocenters. The van der Waals surface area contributed by atoms with E-state index in [2.05, 4.69) is 10.3 Å². The first kappa shape index (κ1) is 15.3. The number of pyridine rings is 1. The average Bonchev–Trinajstić information content (AvgIpc) is 2.36. The molecular weight excluding hydrogens is 284 g/mol. The van der Waals surface area contributed by atoms with Crippen LogP contribution in [0.5, 0.6) is 0 Å². The maximum absolute atomic E-state index is 13.4. The Balaban J connectivity index is 2.59. The van der Waals surface area contributed by atoms with Gasteiger partial charge in [0.05, 0.1) is 11.3 Å². The maximum atomic E-state index is 13.4. The monoisotopic (exact) mass is 298 g/mol. The molecule has 0 saturated carbocycles. The largest absolute Gasteiger partial charge is 0.416 e. The van der Waals surface area contributed by atoms with Gasteiger partial charge in [0.1, 0.15) is 11.6 Å². The minimum Gasteiger partial charge on any atom is -0.370 e.